The number of carbonyl (C=O) groups is 1. The van der Waals surface area contributed by atoms with Gasteiger partial charge in [0.25, 0.3) is 0 Å². The monoisotopic (exact) mass is 329 g/mol. The molecule has 1 saturated carbocycles. The van der Waals surface area contributed by atoms with E-state index in [-0.39, 0.29) is 5.97 Å². The van der Waals surface area contributed by atoms with Crippen molar-refractivity contribution < 1.29 is 9.53 Å². The molecule has 0 aliphatic heterocycles. The Morgan fingerprint density at radius 2 is 1.91 bits per heavy atom. The fourth-order valence-electron chi connectivity index (χ4n) is 3.26. The van der Waals surface area contributed by atoms with Crippen molar-refractivity contribution in [3.05, 3.63) is 40.8 Å². The molecule has 0 spiro atoms. The third kappa shape index (κ3) is 3.58. The van der Waals surface area contributed by atoms with E-state index in [2.05, 4.69) is 24.3 Å². The topological polar surface area (TPSA) is 52.3 Å². The SMILES string of the molecule is CCOC(=O)c1sc(-c2ccc(C3CCCCC3)cc2)cc1N. The minimum Gasteiger partial charge on any atom is -0.462 e. The highest BCUT2D eigenvalue weighted by atomic mass is 32.1. The molecule has 1 aliphatic rings. The van der Waals surface area contributed by atoms with E-state index in [9.17, 15) is 4.79 Å². The second-order valence-electron chi connectivity index (χ2n) is 6.07. The maximum absolute atomic E-state index is 11.9. The number of anilines is 1. The molecule has 1 aliphatic carbocycles. The molecule has 0 amide bonds. The Kier molecular flexibility index (Phi) is 5.01. The minimum atomic E-state index is -0.333. The van der Waals surface area contributed by atoms with Crippen LogP contribution in [0.25, 0.3) is 10.4 Å². The summed E-state index contributed by atoms with van der Waals surface area (Å²) in [5.74, 6) is 0.376. The molecule has 3 rings (SSSR count). The first-order valence-corrected chi connectivity index (χ1v) is 9.17. The van der Waals surface area contributed by atoms with E-state index in [4.69, 9.17) is 10.5 Å². The number of thiophene rings is 1. The van der Waals surface area contributed by atoms with Crippen LogP contribution in [0.15, 0.2) is 30.3 Å². The molecule has 3 nitrogen and oxygen atoms in total. The second-order valence-corrected chi connectivity index (χ2v) is 7.12. The molecule has 0 unspecified atom stereocenters. The van der Waals surface area contributed by atoms with Gasteiger partial charge in [-0.3, -0.25) is 0 Å². The van der Waals surface area contributed by atoms with Gasteiger partial charge in [-0.25, -0.2) is 4.79 Å². The number of hydrogen-bond donors (Lipinski definition) is 1. The summed E-state index contributed by atoms with van der Waals surface area (Å²) in [6.45, 7) is 2.16. The third-order valence-electron chi connectivity index (χ3n) is 4.49. The molecule has 2 N–H and O–H groups in total. The first-order chi connectivity index (χ1) is 11.2. The van der Waals surface area contributed by atoms with Gasteiger partial charge in [0.05, 0.1) is 12.3 Å². The van der Waals surface area contributed by atoms with Crippen LogP contribution < -0.4 is 5.73 Å². The molecule has 0 saturated heterocycles. The van der Waals surface area contributed by atoms with Gasteiger partial charge in [0, 0.05) is 4.88 Å². The molecule has 0 atom stereocenters. The van der Waals surface area contributed by atoms with Crippen LogP contribution in [0.3, 0.4) is 0 Å². The van der Waals surface area contributed by atoms with Gasteiger partial charge < -0.3 is 10.5 Å². The molecule has 122 valence electrons. The average molecular weight is 329 g/mol. The largest absolute Gasteiger partial charge is 0.462 e. The number of nitrogen functional groups attached to an aromatic ring is 1. The van der Waals surface area contributed by atoms with Gasteiger partial charge in [-0.15, -0.1) is 11.3 Å². The molecular weight excluding hydrogens is 306 g/mol. The zero-order chi connectivity index (χ0) is 16.2. The normalized spacial score (nSPS) is 15.5. The van der Waals surface area contributed by atoms with Crippen LogP contribution in [-0.4, -0.2) is 12.6 Å². The lowest BCUT2D eigenvalue weighted by Crippen LogP contribution is -2.04. The highest BCUT2D eigenvalue weighted by molar-refractivity contribution is 7.18. The first kappa shape index (κ1) is 16.1. The van der Waals surface area contributed by atoms with Crippen molar-refractivity contribution in [2.75, 3.05) is 12.3 Å². The second kappa shape index (κ2) is 7.18. The quantitative estimate of drug-likeness (QED) is 0.782. The summed E-state index contributed by atoms with van der Waals surface area (Å²) in [6, 6.07) is 10.6. The van der Waals surface area contributed by atoms with Crippen LogP contribution in [0.2, 0.25) is 0 Å². The Bertz CT molecular complexity index is 669. The highest BCUT2D eigenvalue weighted by Crippen LogP contribution is 2.36. The number of hydrogen-bond acceptors (Lipinski definition) is 4. The number of esters is 1. The van der Waals surface area contributed by atoms with Gasteiger partial charge in [-0.05, 0) is 42.9 Å². The van der Waals surface area contributed by atoms with Crippen LogP contribution >= 0.6 is 11.3 Å². The van der Waals surface area contributed by atoms with Crippen molar-refractivity contribution in [3.8, 4) is 10.4 Å². The summed E-state index contributed by atoms with van der Waals surface area (Å²) >= 11 is 1.40. The van der Waals surface area contributed by atoms with Gasteiger partial charge >= 0.3 is 5.97 Å². The van der Waals surface area contributed by atoms with Crippen molar-refractivity contribution in [2.45, 2.75) is 44.9 Å². The summed E-state index contributed by atoms with van der Waals surface area (Å²) in [6.07, 6.45) is 6.67. The number of carbonyl (C=O) groups excluding carboxylic acids is 1. The average Bonchev–Trinajstić information content (AvgIpc) is 2.98. The smallest absolute Gasteiger partial charge is 0.350 e. The van der Waals surface area contributed by atoms with Gasteiger partial charge in [-0.2, -0.15) is 0 Å². The molecule has 1 fully saturated rings. The van der Waals surface area contributed by atoms with Crippen LogP contribution in [0.1, 0.15) is 60.2 Å². The van der Waals surface area contributed by atoms with Gasteiger partial charge in [0.15, 0.2) is 0 Å². The van der Waals surface area contributed by atoms with Crippen molar-refractivity contribution in [2.24, 2.45) is 0 Å². The minimum absolute atomic E-state index is 0.333. The Balaban J connectivity index is 1.79. The van der Waals surface area contributed by atoms with E-state index in [0.717, 1.165) is 10.4 Å². The van der Waals surface area contributed by atoms with Crippen LogP contribution in [-0.2, 0) is 4.74 Å². The molecule has 1 aromatic carbocycles. The Hall–Kier alpha value is -1.81. The van der Waals surface area contributed by atoms with Gasteiger partial charge in [0.2, 0.25) is 0 Å². The predicted octanol–water partition coefficient (Wildman–Crippen LogP) is 5.22. The molecular formula is C19H23NO2S. The zero-order valence-corrected chi connectivity index (χ0v) is 14.3. The van der Waals surface area contributed by atoms with E-state index in [1.165, 1.54) is 49.0 Å². The molecule has 2 aromatic rings. The number of rotatable bonds is 4. The molecule has 0 bridgehead atoms. The zero-order valence-electron chi connectivity index (χ0n) is 13.5. The maximum atomic E-state index is 11.9. The molecule has 1 heterocycles. The molecule has 23 heavy (non-hydrogen) atoms. The molecule has 0 radical (unpaired) electrons. The van der Waals surface area contributed by atoms with E-state index >= 15 is 0 Å². The standard InChI is InChI=1S/C19H23NO2S/c1-2-22-19(21)18-16(20)12-17(23-18)15-10-8-14(9-11-15)13-6-4-3-5-7-13/h8-13H,2-7,20H2,1H3. The van der Waals surface area contributed by atoms with Gasteiger partial charge in [0.1, 0.15) is 4.88 Å². The van der Waals surface area contributed by atoms with Crippen LogP contribution in [0.4, 0.5) is 5.69 Å². The Labute approximate surface area is 141 Å². The van der Waals surface area contributed by atoms with E-state index < -0.39 is 0 Å². The predicted molar refractivity (Wildman–Crippen MR) is 95.9 cm³/mol. The highest BCUT2D eigenvalue weighted by Gasteiger charge is 2.18. The Morgan fingerprint density at radius 1 is 1.22 bits per heavy atom. The maximum Gasteiger partial charge on any atom is 0.350 e. The van der Waals surface area contributed by atoms with Crippen molar-refractivity contribution in [1.82, 2.24) is 0 Å². The van der Waals surface area contributed by atoms with E-state index in [0.29, 0.717) is 23.1 Å². The van der Waals surface area contributed by atoms with Crippen LogP contribution in [0, 0.1) is 0 Å². The summed E-state index contributed by atoms with van der Waals surface area (Å²) in [5, 5.41) is 0. The summed E-state index contributed by atoms with van der Waals surface area (Å²) in [7, 11) is 0. The lowest BCUT2D eigenvalue weighted by molar-refractivity contribution is 0.0533. The number of benzene rings is 1. The first-order valence-electron chi connectivity index (χ1n) is 8.35. The van der Waals surface area contributed by atoms with Crippen molar-refractivity contribution in [3.63, 3.8) is 0 Å². The molecule has 4 heteroatoms. The fraction of sp³-hybridized carbons (Fsp3) is 0.421. The van der Waals surface area contributed by atoms with Crippen LogP contribution in [0.5, 0.6) is 0 Å². The van der Waals surface area contributed by atoms with Gasteiger partial charge in [-0.1, -0.05) is 43.5 Å². The fourth-order valence-corrected chi connectivity index (χ4v) is 4.24. The summed E-state index contributed by atoms with van der Waals surface area (Å²) in [5.41, 5.74) is 9.01. The lowest BCUT2D eigenvalue weighted by atomic mass is 9.84. The summed E-state index contributed by atoms with van der Waals surface area (Å²) < 4.78 is 5.05. The van der Waals surface area contributed by atoms with Crippen molar-refractivity contribution in [1.29, 1.82) is 0 Å². The van der Waals surface area contributed by atoms with E-state index in [1.54, 1.807) is 6.92 Å². The number of ether oxygens (including phenoxy) is 1. The Morgan fingerprint density at radius 3 is 2.57 bits per heavy atom. The molecule has 1 aromatic heterocycles. The van der Waals surface area contributed by atoms with E-state index in [1.807, 2.05) is 6.07 Å². The van der Waals surface area contributed by atoms with Crippen molar-refractivity contribution >= 4 is 23.0 Å². The third-order valence-corrected chi connectivity index (χ3v) is 5.67. The number of nitrogens with two attached hydrogens (primary N) is 1. The lowest BCUT2D eigenvalue weighted by Gasteiger charge is -2.22. The summed E-state index contributed by atoms with van der Waals surface area (Å²) in [4.78, 5) is 13.4.